The van der Waals surface area contributed by atoms with Crippen LogP contribution in [0.5, 0.6) is 11.5 Å². The number of hydrogen-bond acceptors (Lipinski definition) is 7. The molecule has 2 atom stereocenters. The summed E-state index contributed by atoms with van der Waals surface area (Å²) in [5.41, 5.74) is 1.18. The van der Waals surface area contributed by atoms with Crippen molar-refractivity contribution in [2.24, 2.45) is 0 Å². The van der Waals surface area contributed by atoms with E-state index in [-0.39, 0.29) is 29.9 Å². The van der Waals surface area contributed by atoms with Crippen molar-refractivity contribution >= 4 is 5.88 Å². The Labute approximate surface area is 166 Å². The lowest BCUT2D eigenvalue weighted by Crippen LogP contribution is -2.35. The first-order valence-electron chi connectivity index (χ1n) is 9.33. The molecule has 0 spiro atoms. The highest BCUT2D eigenvalue weighted by molar-refractivity contribution is 5.52. The first-order valence-corrected chi connectivity index (χ1v) is 9.33. The Bertz CT molecular complexity index is 1180. The number of pyridine rings is 1. The molecule has 29 heavy (non-hydrogen) atoms. The molecular weight excluding hydrogens is 372 g/mol. The van der Waals surface area contributed by atoms with Gasteiger partial charge in [0, 0.05) is 18.3 Å². The highest BCUT2D eigenvalue weighted by Gasteiger charge is 2.45. The Morgan fingerprint density at radius 1 is 1.24 bits per heavy atom. The van der Waals surface area contributed by atoms with Crippen molar-refractivity contribution in [2.45, 2.75) is 25.1 Å². The Morgan fingerprint density at radius 2 is 2.07 bits per heavy atom. The molecule has 2 bridgehead atoms. The molecule has 1 aromatic carbocycles. The lowest BCUT2D eigenvalue weighted by Gasteiger charge is -2.29. The average molecular weight is 390 g/mol. The van der Waals surface area contributed by atoms with Crippen molar-refractivity contribution in [1.29, 1.82) is 5.26 Å². The third-order valence-electron chi connectivity index (χ3n) is 5.45. The summed E-state index contributed by atoms with van der Waals surface area (Å²) in [5, 5.41) is 9.55. The number of methoxy groups -OCH3 is 1. The highest BCUT2D eigenvalue weighted by atomic mass is 16.5. The lowest BCUT2D eigenvalue weighted by atomic mass is 10.2. The number of fused-ring (bicyclic) bond motifs is 5. The average Bonchev–Trinajstić information content (AvgIpc) is 3.45. The van der Waals surface area contributed by atoms with Crippen LogP contribution in [0.2, 0.25) is 0 Å². The number of oxazole rings is 1. The van der Waals surface area contributed by atoms with Crippen LogP contribution >= 0.6 is 0 Å². The van der Waals surface area contributed by atoms with Crippen molar-refractivity contribution in [3.63, 3.8) is 0 Å². The summed E-state index contributed by atoms with van der Waals surface area (Å²) < 4.78 is 18.8. The Morgan fingerprint density at radius 3 is 2.86 bits per heavy atom. The van der Waals surface area contributed by atoms with Crippen LogP contribution in [0.3, 0.4) is 0 Å². The summed E-state index contributed by atoms with van der Waals surface area (Å²) >= 11 is 0. The van der Waals surface area contributed by atoms with E-state index in [4.69, 9.17) is 13.9 Å². The standard InChI is InChI=1S/C21H18N4O4/c1-27-17-6-2-3-7-18(17)28-12-19-23-14(10-22)21(29-19)24-11-13-9-16(24)15-5-4-8-20(26)25(13)15/h2-8,13,16H,9,11-12H2,1H3/t13-,16+/m0/s1. The van der Waals surface area contributed by atoms with Gasteiger partial charge in [-0.1, -0.05) is 18.2 Å². The van der Waals surface area contributed by atoms with Crippen LogP contribution in [-0.4, -0.2) is 23.2 Å². The molecule has 0 radical (unpaired) electrons. The summed E-state index contributed by atoms with van der Waals surface area (Å²) in [6.45, 7) is 0.686. The molecule has 146 valence electrons. The number of benzene rings is 1. The third-order valence-corrected chi connectivity index (χ3v) is 5.45. The van der Waals surface area contributed by atoms with Crippen LogP contribution in [0.25, 0.3) is 0 Å². The van der Waals surface area contributed by atoms with Gasteiger partial charge >= 0.3 is 0 Å². The van der Waals surface area contributed by atoms with Gasteiger partial charge in [0.05, 0.1) is 19.2 Å². The number of para-hydroxylation sites is 2. The number of aromatic nitrogens is 2. The molecule has 2 aromatic heterocycles. The van der Waals surface area contributed by atoms with Gasteiger partial charge in [0.2, 0.25) is 17.5 Å². The quantitative estimate of drug-likeness (QED) is 0.661. The van der Waals surface area contributed by atoms with E-state index in [0.29, 0.717) is 29.8 Å². The van der Waals surface area contributed by atoms with Gasteiger partial charge < -0.3 is 23.4 Å². The van der Waals surface area contributed by atoms with E-state index in [9.17, 15) is 10.1 Å². The van der Waals surface area contributed by atoms with Gasteiger partial charge in [-0.2, -0.15) is 10.2 Å². The molecule has 0 aliphatic carbocycles. The third kappa shape index (κ3) is 2.74. The van der Waals surface area contributed by atoms with Crippen molar-refractivity contribution in [3.05, 3.63) is 70.1 Å². The van der Waals surface area contributed by atoms with Crippen LogP contribution in [-0.2, 0) is 6.61 Å². The molecular formula is C21H18N4O4. The van der Waals surface area contributed by atoms with Gasteiger partial charge in [-0.3, -0.25) is 4.79 Å². The summed E-state index contributed by atoms with van der Waals surface area (Å²) in [6.07, 6.45) is 0.817. The van der Waals surface area contributed by atoms with Crippen LogP contribution in [0.15, 0.2) is 51.7 Å². The topological polar surface area (TPSA) is 93.5 Å². The Kier molecular flexibility index (Phi) is 4.02. The maximum atomic E-state index is 12.2. The van der Waals surface area contributed by atoms with Gasteiger partial charge in [0.25, 0.3) is 5.56 Å². The van der Waals surface area contributed by atoms with E-state index in [0.717, 1.165) is 12.1 Å². The maximum Gasteiger partial charge on any atom is 0.251 e. The highest BCUT2D eigenvalue weighted by Crippen LogP contribution is 2.47. The second kappa shape index (κ2) is 6.71. The summed E-state index contributed by atoms with van der Waals surface area (Å²) in [6, 6.07) is 14.8. The molecule has 8 heteroatoms. The van der Waals surface area contributed by atoms with E-state index in [1.807, 2.05) is 27.7 Å². The van der Waals surface area contributed by atoms with Crippen molar-refractivity contribution in [2.75, 3.05) is 18.6 Å². The summed E-state index contributed by atoms with van der Waals surface area (Å²) in [4.78, 5) is 18.5. The molecule has 3 aromatic rings. The molecule has 2 aliphatic rings. The van der Waals surface area contributed by atoms with E-state index in [2.05, 4.69) is 11.1 Å². The van der Waals surface area contributed by atoms with Gasteiger partial charge in [-0.25, -0.2) is 0 Å². The number of hydrogen-bond donors (Lipinski definition) is 0. The first kappa shape index (κ1) is 17.4. The van der Waals surface area contributed by atoms with E-state index < -0.39 is 0 Å². The molecule has 5 rings (SSSR count). The molecule has 0 N–H and O–H groups in total. The fraction of sp³-hybridized carbons (Fsp3) is 0.286. The van der Waals surface area contributed by atoms with Gasteiger partial charge in [-0.05, 0) is 24.6 Å². The number of nitriles is 1. The minimum absolute atomic E-state index is 0.00284. The summed E-state index contributed by atoms with van der Waals surface area (Å²) in [5.74, 6) is 1.93. The zero-order valence-electron chi connectivity index (χ0n) is 15.7. The summed E-state index contributed by atoms with van der Waals surface area (Å²) in [7, 11) is 1.57. The number of anilines is 1. The van der Waals surface area contributed by atoms with Crippen molar-refractivity contribution in [3.8, 4) is 17.6 Å². The van der Waals surface area contributed by atoms with Crippen LogP contribution in [0.1, 0.15) is 35.8 Å². The Balaban J connectivity index is 1.41. The second-order valence-corrected chi connectivity index (χ2v) is 7.03. The first-order chi connectivity index (χ1) is 14.2. The normalized spacial score (nSPS) is 19.1. The molecule has 1 fully saturated rings. The largest absolute Gasteiger partial charge is 0.493 e. The molecule has 0 unspecified atom stereocenters. The molecule has 8 nitrogen and oxygen atoms in total. The predicted octanol–water partition coefficient (Wildman–Crippen LogP) is 2.80. The minimum Gasteiger partial charge on any atom is -0.493 e. The van der Waals surface area contributed by atoms with Gasteiger partial charge in [0.15, 0.2) is 18.1 Å². The van der Waals surface area contributed by atoms with Crippen LogP contribution in [0.4, 0.5) is 5.88 Å². The predicted molar refractivity (Wildman–Crippen MR) is 103 cm³/mol. The van der Waals surface area contributed by atoms with Crippen LogP contribution in [0, 0.1) is 11.3 Å². The Hall–Kier alpha value is -3.73. The SMILES string of the molecule is COc1ccccc1OCc1nc(C#N)c(N2C[C@@H]3C[C@@H]2c2cccc(=O)n23)o1. The number of nitrogens with zero attached hydrogens (tertiary/aromatic N) is 4. The van der Waals surface area contributed by atoms with E-state index in [1.54, 1.807) is 31.4 Å². The van der Waals surface area contributed by atoms with Gasteiger partial charge in [0.1, 0.15) is 6.07 Å². The second-order valence-electron chi connectivity index (χ2n) is 7.03. The van der Waals surface area contributed by atoms with Gasteiger partial charge in [-0.15, -0.1) is 0 Å². The minimum atomic E-state index is -0.00284. The lowest BCUT2D eigenvalue weighted by molar-refractivity contribution is 0.250. The zero-order chi connectivity index (χ0) is 20.0. The number of ether oxygens (including phenoxy) is 2. The maximum absolute atomic E-state index is 12.2. The molecule has 0 saturated carbocycles. The molecule has 1 saturated heterocycles. The van der Waals surface area contributed by atoms with Crippen molar-refractivity contribution in [1.82, 2.24) is 9.55 Å². The van der Waals surface area contributed by atoms with E-state index >= 15 is 0 Å². The smallest absolute Gasteiger partial charge is 0.251 e. The fourth-order valence-corrected chi connectivity index (χ4v) is 4.25. The molecule has 2 aliphatic heterocycles. The number of rotatable bonds is 5. The monoisotopic (exact) mass is 390 g/mol. The van der Waals surface area contributed by atoms with Crippen LogP contribution < -0.4 is 19.9 Å². The zero-order valence-corrected chi connectivity index (χ0v) is 15.7. The fourth-order valence-electron chi connectivity index (χ4n) is 4.25. The molecule has 0 amide bonds. The van der Waals surface area contributed by atoms with Crippen molar-refractivity contribution < 1.29 is 13.9 Å². The van der Waals surface area contributed by atoms with E-state index in [1.165, 1.54) is 0 Å². The molecule has 4 heterocycles.